The van der Waals surface area contributed by atoms with E-state index in [0.29, 0.717) is 5.35 Å². The van der Waals surface area contributed by atoms with Crippen LogP contribution in [-0.4, -0.2) is 4.57 Å². The number of aryl methyl sites for hydroxylation is 3. The number of benzene rings is 2. The van der Waals surface area contributed by atoms with Crippen molar-refractivity contribution in [3.63, 3.8) is 0 Å². The zero-order valence-corrected chi connectivity index (χ0v) is 11.7. The highest BCUT2D eigenvalue weighted by atomic mass is 14.9. The quantitative estimate of drug-likeness (QED) is 0.623. The first-order valence-electron chi connectivity index (χ1n) is 6.40. The van der Waals surface area contributed by atoms with Gasteiger partial charge >= 0.3 is 0 Å². The maximum absolute atomic E-state index is 9.21. The molecule has 3 aromatic rings. The molecule has 0 saturated heterocycles. The Labute approximate surface area is 116 Å². The van der Waals surface area contributed by atoms with Crippen molar-refractivity contribution in [1.82, 2.24) is 4.57 Å². The van der Waals surface area contributed by atoms with Crippen LogP contribution in [0.2, 0.25) is 0 Å². The van der Waals surface area contributed by atoms with Crippen molar-refractivity contribution in [2.75, 3.05) is 0 Å². The SMILES string of the molecule is Cc1cc2cc(C)cc3c2c(c1)c(=C(C#N)C#N)n3C. The highest BCUT2D eigenvalue weighted by Crippen LogP contribution is 2.28. The summed E-state index contributed by atoms with van der Waals surface area (Å²) < 4.78 is 1.95. The van der Waals surface area contributed by atoms with Gasteiger partial charge in [0.05, 0.1) is 5.35 Å². The Balaban J connectivity index is 2.78. The molecule has 3 heteroatoms. The lowest BCUT2D eigenvalue weighted by Gasteiger charge is -2.03. The van der Waals surface area contributed by atoms with E-state index in [1.807, 2.05) is 30.7 Å². The van der Waals surface area contributed by atoms with Crippen LogP contribution in [0.1, 0.15) is 11.1 Å². The Morgan fingerprint density at radius 1 is 1.00 bits per heavy atom. The summed E-state index contributed by atoms with van der Waals surface area (Å²) in [6, 6.07) is 12.5. The number of nitrogens with zero attached hydrogens (tertiary/aromatic N) is 3. The van der Waals surface area contributed by atoms with Gasteiger partial charge < -0.3 is 4.57 Å². The summed E-state index contributed by atoms with van der Waals surface area (Å²) in [6.45, 7) is 4.09. The first-order chi connectivity index (χ1) is 9.56. The third kappa shape index (κ3) is 1.51. The van der Waals surface area contributed by atoms with E-state index in [4.69, 9.17) is 0 Å². The molecule has 96 valence electrons. The highest BCUT2D eigenvalue weighted by Gasteiger charge is 2.13. The molecule has 0 N–H and O–H groups in total. The summed E-state index contributed by atoms with van der Waals surface area (Å²) in [5.74, 6) is 0. The summed E-state index contributed by atoms with van der Waals surface area (Å²) in [6.07, 6.45) is 0. The van der Waals surface area contributed by atoms with E-state index in [-0.39, 0.29) is 5.57 Å². The molecule has 3 nitrogen and oxygen atoms in total. The Morgan fingerprint density at radius 2 is 1.60 bits per heavy atom. The van der Waals surface area contributed by atoms with Crippen molar-refractivity contribution in [2.45, 2.75) is 13.8 Å². The van der Waals surface area contributed by atoms with E-state index >= 15 is 0 Å². The molecule has 0 aliphatic rings. The standard InChI is InChI=1S/C17H13N3/c1-10-4-12-5-11(2)7-15-16(12)14(6-10)17(20(15)3)13(8-18)9-19/h4-7H,1-3H3. The predicted octanol–water partition coefficient (Wildman–Crippen LogP) is 2.87. The molecule has 3 rings (SSSR count). The van der Waals surface area contributed by atoms with Crippen LogP contribution in [0, 0.1) is 36.5 Å². The van der Waals surface area contributed by atoms with Crippen molar-refractivity contribution in [3.05, 3.63) is 40.7 Å². The van der Waals surface area contributed by atoms with Crippen molar-refractivity contribution in [1.29, 1.82) is 10.5 Å². The summed E-state index contributed by atoms with van der Waals surface area (Å²) in [7, 11) is 1.91. The second kappa shape index (κ2) is 4.11. The van der Waals surface area contributed by atoms with E-state index in [0.717, 1.165) is 27.2 Å². The molecule has 20 heavy (non-hydrogen) atoms. The molecular formula is C17H13N3. The average Bonchev–Trinajstić information content (AvgIpc) is 2.66. The molecule has 0 bridgehead atoms. The summed E-state index contributed by atoms with van der Waals surface area (Å²) in [5.41, 5.74) is 3.53. The van der Waals surface area contributed by atoms with Crippen LogP contribution < -0.4 is 5.35 Å². The topological polar surface area (TPSA) is 52.5 Å². The zero-order chi connectivity index (χ0) is 14.4. The van der Waals surface area contributed by atoms with Crippen LogP contribution in [0.3, 0.4) is 0 Å². The number of hydrogen-bond donors (Lipinski definition) is 0. The first kappa shape index (κ1) is 12.3. The lowest BCUT2D eigenvalue weighted by Crippen LogP contribution is -2.15. The van der Waals surface area contributed by atoms with Gasteiger partial charge in [-0.3, -0.25) is 0 Å². The normalized spacial score (nSPS) is 10.7. The summed E-state index contributed by atoms with van der Waals surface area (Å²) >= 11 is 0. The number of hydrogen-bond acceptors (Lipinski definition) is 2. The van der Waals surface area contributed by atoms with Crippen molar-refractivity contribution in [3.8, 4) is 12.1 Å². The van der Waals surface area contributed by atoms with Gasteiger partial charge in [0.1, 0.15) is 12.1 Å². The zero-order valence-electron chi connectivity index (χ0n) is 11.7. The minimum atomic E-state index is 0.160. The molecule has 0 atom stereocenters. The third-order valence-corrected chi connectivity index (χ3v) is 3.73. The number of aromatic nitrogens is 1. The van der Waals surface area contributed by atoms with Crippen LogP contribution in [0.25, 0.3) is 27.2 Å². The predicted molar refractivity (Wildman–Crippen MR) is 79.8 cm³/mol. The fourth-order valence-corrected chi connectivity index (χ4v) is 2.97. The van der Waals surface area contributed by atoms with Crippen LogP contribution in [0.4, 0.5) is 0 Å². The Bertz CT molecular complexity index is 970. The van der Waals surface area contributed by atoms with E-state index in [1.54, 1.807) is 0 Å². The van der Waals surface area contributed by atoms with Crippen molar-refractivity contribution >= 4 is 27.2 Å². The largest absolute Gasteiger partial charge is 0.342 e. The molecule has 0 aliphatic carbocycles. The smallest absolute Gasteiger partial charge is 0.153 e. The molecule has 0 spiro atoms. The van der Waals surface area contributed by atoms with Gasteiger partial charge in [-0.2, -0.15) is 10.5 Å². The summed E-state index contributed by atoms with van der Waals surface area (Å²) in [5, 5.41) is 22.4. The molecule has 0 saturated carbocycles. The second-order valence-corrected chi connectivity index (χ2v) is 5.20. The fourth-order valence-electron chi connectivity index (χ4n) is 2.97. The molecular weight excluding hydrogens is 246 g/mol. The molecule has 0 fully saturated rings. The van der Waals surface area contributed by atoms with Crippen LogP contribution in [0.5, 0.6) is 0 Å². The minimum absolute atomic E-state index is 0.160. The first-order valence-corrected chi connectivity index (χ1v) is 6.40. The van der Waals surface area contributed by atoms with Gasteiger partial charge in [-0.05, 0) is 42.5 Å². The molecule has 1 aromatic heterocycles. The van der Waals surface area contributed by atoms with Gasteiger partial charge in [0.25, 0.3) is 0 Å². The van der Waals surface area contributed by atoms with Gasteiger partial charge in [-0.15, -0.1) is 0 Å². The van der Waals surface area contributed by atoms with Crippen molar-refractivity contribution in [2.24, 2.45) is 7.05 Å². The Kier molecular flexibility index (Phi) is 2.52. The second-order valence-electron chi connectivity index (χ2n) is 5.20. The van der Waals surface area contributed by atoms with Gasteiger partial charge in [0.15, 0.2) is 5.57 Å². The maximum atomic E-state index is 9.21. The Hall–Kier alpha value is -2.78. The monoisotopic (exact) mass is 259 g/mol. The average molecular weight is 259 g/mol. The third-order valence-electron chi connectivity index (χ3n) is 3.73. The van der Waals surface area contributed by atoms with E-state index in [9.17, 15) is 10.5 Å². The fraction of sp³-hybridized carbons (Fsp3) is 0.176. The molecule has 0 amide bonds. The lowest BCUT2D eigenvalue weighted by atomic mass is 10.0. The van der Waals surface area contributed by atoms with Gasteiger partial charge in [0, 0.05) is 23.3 Å². The molecule has 1 heterocycles. The highest BCUT2D eigenvalue weighted by molar-refractivity contribution is 6.11. The van der Waals surface area contributed by atoms with E-state index < -0.39 is 0 Å². The van der Waals surface area contributed by atoms with Gasteiger partial charge in [-0.1, -0.05) is 12.1 Å². The molecule has 0 aliphatic heterocycles. The minimum Gasteiger partial charge on any atom is -0.342 e. The molecule has 0 radical (unpaired) electrons. The number of nitriles is 2. The van der Waals surface area contributed by atoms with Crippen molar-refractivity contribution < 1.29 is 0 Å². The lowest BCUT2D eigenvalue weighted by molar-refractivity contribution is 0.933. The van der Waals surface area contributed by atoms with Gasteiger partial charge in [0.2, 0.25) is 0 Å². The van der Waals surface area contributed by atoms with E-state index in [1.165, 1.54) is 5.56 Å². The molecule has 2 aromatic carbocycles. The van der Waals surface area contributed by atoms with Crippen LogP contribution in [-0.2, 0) is 7.05 Å². The van der Waals surface area contributed by atoms with E-state index in [2.05, 4.69) is 31.2 Å². The van der Waals surface area contributed by atoms with Crippen LogP contribution in [0.15, 0.2) is 24.3 Å². The Morgan fingerprint density at radius 3 is 2.20 bits per heavy atom. The molecule has 0 unspecified atom stereocenters. The van der Waals surface area contributed by atoms with Crippen LogP contribution >= 0.6 is 0 Å². The maximum Gasteiger partial charge on any atom is 0.153 e. The van der Waals surface area contributed by atoms with Gasteiger partial charge in [-0.25, -0.2) is 0 Å². The number of rotatable bonds is 0. The summed E-state index contributed by atoms with van der Waals surface area (Å²) in [4.78, 5) is 0.